The fraction of sp³-hybridized carbons (Fsp3) is 0.176. The molecule has 0 aliphatic carbocycles. The van der Waals surface area contributed by atoms with Gasteiger partial charge in [0.1, 0.15) is 6.61 Å². The molecule has 3 rings (SSSR count). The Morgan fingerprint density at radius 1 is 1.00 bits per heavy atom. The Labute approximate surface area is 118 Å². The zero-order valence-electron chi connectivity index (χ0n) is 11.4. The fourth-order valence-electron chi connectivity index (χ4n) is 2.59. The molecule has 2 aromatic carbocycles. The number of hydrogen-bond donors (Lipinski definition) is 1. The van der Waals surface area contributed by atoms with Gasteiger partial charge in [0.15, 0.2) is 0 Å². The molecule has 3 nitrogen and oxygen atoms in total. The Bertz CT molecular complexity index is 716. The molecular formula is C17H17NO2. The predicted molar refractivity (Wildman–Crippen MR) is 80.4 cm³/mol. The first kappa shape index (κ1) is 12.8. The first-order valence-corrected chi connectivity index (χ1v) is 6.78. The number of rotatable bonds is 4. The molecule has 0 radical (unpaired) electrons. The maximum atomic E-state index is 9.79. The van der Waals surface area contributed by atoms with E-state index in [0.717, 1.165) is 27.7 Å². The Morgan fingerprint density at radius 2 is 1.70 bits per heavy atom. The van der Waals surface area contributed by atoms with Gasteiger partial charge in [0.2, 0.25) is 0 Å². The topological polar surface area (TPSA) is 34.4 Å². The van der Waals surface area contributed by atoms with Crippen molar-refractivity contribution in [2.45, 2.75) is 13.5 Å². The monoisotopic (exact) mass is 267 g/mol. The van der Waals surface area contributed by atoms with E-state index in [1.807, 2.05) is 66.3 Å². The minimum Gasteiger partial charge on any atom is -0.414 e. The van der Waals surface area contributed by atoms with E-state index in [9.17, 15) is 5.11 Å². The Balaban J connectivity index is 2.36. The summed E-state index contributed by atoms with van der Waals surface area (Å²) >= 11 is 0. The Hall–Kier alpha value is -2.26. The minimum atomic E-state index is -0.00911. The van der Waals surface area contributed by atoms with Gasteiger partial charge in [-0.3, -0.25) is 0 Å². The molecule has 0 aliphatic heterocycles. The highest BCUT2D eigenvalue weighted by Crippen LogP contribution is 2.33. The normalized spacial score (nSPS) is 10.9. The van der Waals surface area contributed by atoms with E-state index in [0.29, 0.717) is 6.61 Å². The summed E-state index contributed by atoms with van der Waals surface area (Å²) in [5, 5.41) is 10.8. The second kappa shape index (κ2) is 5.39. The summed E-state index contributed by atoms with van der Waals surface area (Å²) in [6.45, 7) is 2.52. The van der Waals surface area contributed by atoms with Crippen LogP contribution < -0.4 is 4.84 Å². The van der Waals surface area contributed by atoms with Crippen LogP contribution in [-0.4, -0.2) is 16.4 Å². The summed E-state index contributed by atoms with van der Waals surface area (Å²) in [6.07, 6.45) is 0. The molecule has 0 fully saturated rings. The van der Waals surface area contributed by atoms with Gasteiger partial charge in [-0.2, -0.15) is 4.73 Å². The van der Waals surface area contributed by atoms with Crippen molar-refractivity contribution in [2.24, 2.45) is 0 Å². The maximum Gasteiger partial charge on any atom is 0.112 e. The number of hydrogen-bond acceptors (Lipinski definition) is 2. The highest BCUT2D eigenvalue weighted by atomic mass is 16.7. The molecule has 0 atom stereocenters. The summed E-state index contributed by atoms with van der Waals surface area (Å²) < 4.78 is 1.83. The molecule has 0 saturated carbocycles. The third-order valence-electron chi connectivity index (χ3n) is 3.40. The zero-order valence-corrected chi connectivity index (χ0v) is 11.4. The average Bonchev–Trinajstić information content (AvgIpc) is 2.82. The SMILES string of the molecule is CCOn1c(-c2ccccc2)c(CO)c2ccccc21. The van der Waals surface area contributed by atoms with E-state index in [1.54, 1.807) is 0 Å². The highest BCUT2D eigenvalue weighted by molar-refractivity contribution is 5.91. The lowest BCUT2D eigenvalue weighted by Crippen LogP contribution is -2.12. The molecular weight excluding hydrogens is 250 g/mol. The first-order chi connectivity index (χ1) is 9.86. The number of aromatic nitrogens is 1. The van der Waals surface area contributed by atoms with E-state index in [4.69, 9.17) is 4.84 Å². The van der Waals surface area contributed by atoms with Crippen molar-refractivity contribution in [3.8, 4) is 11.3 Å². The molecule has 0 unspecified atom stereocenters. The smallest absolute Gasteiger partial charge is 0.112 e. The van der Waals surface area contributed by atoms with Crippen LogP contribution in [0.3, 0.4) is 0 Å². The third kappa shape index (κ3) is 1.96. The van der Waals surface area contributed by atoms with Gasteiger partial charge in [0.05, 0.1) is 17.8 Å². The van der Waals surface area contributed by atoms with Crippen LogP contribution in [0.15, 0.2) is 54.6 Å². The largest absolute Gasteiger partial charge is 0.414 e. The lowest BCUT2D eigenvalue weighted by Gasteiger charge is -2.11. The highest BCUT2D eigenvalue weighted by Gasteiger charge is 2.18. The lowest BCUT2D eigenvalue weighted by atomic mass is 10.1. The molecule has 0 bridgehead atoms. The van der Waals surface area contributed by atoms with Crippen molar-refractivity contribution in [1.29, 1.82) is 0 Å². The Kier molecular flexibility index (Phi) is 3.44. The second-order valence-electron chi connectivity index (χ2n) is 4.58. The lowest BCUT2D eigenvalue weighted by molar-refractivity contribution is 0.135. The number of aliphatic hydroxyl groups excluding tert-OH is 1. The van der Waals surface area contributed by atoms with Crippen LogP contribution >= 0.6 is 0 Å². The van der Waals surface area contributed by atoms with Crippen LogP contribution in [-0.2, 0) is 6.61 Å². The average molecular weight is 267 g/mol. The molecule has 1 aromatic heterocycles. The predicted octanol–water partition coefficient (Wildman–Crippen LogP) is 3.25. The molecule has 3 heteroatoms. The van der Waals surface area contributed by atoms with Gasteiger partial charge >= 0.3 is 0 Å². The summed E-state index contributed by atoms with van der Waals surface area (Å²) in [6, 6.07) is 18.0. The van der Waals surface area contributed by atoms with E-state index < -0.39 is 0 Å². The molecule has 0 aliphatic rings. The van der Waals surface area contributed by atoms with Crippen LogP contribution in [0.5, 0.6) is 0 Å². The third-order valence-corrected chi connectivity index (χ3v) is 3.40. The number of para-hydroxylation sites is 1. The molecule has 0 amide bonds. The van der Waals surface area contributed by atoms with Gasteiger partial charge < -0.3 is 9.94 Å². The van der Waals surface area contributed by atoms with Crippen LogP contribution in [0.4, 0.5) is 0 Å². The van der Waals surface area contributed by atoms with Crippen molar-refractivity contribution in [1.82, 2.24) is 4.73 Å². The number of fused-ring (bicyclic) bond motifs is 1. The summed E-state index contributed by atoms with van der Waals surface area (Å²) in [4.78, 5) is 5.79. The number of aliphatic hydroxyl groups is 1. The minimum absolute atomic E-state index is 0.00911. The zero-order chi connectivity index (χ0) is 13.9. The fourth-order valence-corrected chi connectivity index (χ4v) is 2.59. The van der Waals surface area contributed by atoms with Crippen molar-refractivity contribution in [3.63, 3.8) is 0 Å². The van der Waals surface area contributed by atoms with Crippen LogP contribution in [0.25, 0.3) is 22.2 Å². The molecule has 20 heavy (non-hydrogen) atoms. The molecule has 0 spiro atoms. The van der Waals surface area contributed by atoms with Gasteiger partial charge in [0.25, 0.3) is 0 Å². The molecule has 102 valence electrons. The quantitative estimate of drug-likeness (QED) is 0.787. The maximum absolute atomic E-state index is 9.79. The van der Waals surface area contributed by atoms with Crippen molar-refractivity contribution in [2.75, 3.05) is 6.61 Å². The first-order valence-electron chi connectivity index (χ1n) is 6.78. The van der Waals surface area contributed by atoms with Gasteiger partial charge in [-0.05, 0) is 13.0 Å². The van der Waals surface area contributed by atoms with E-state index in [1.165, 1.54) is 0 Å². The van der Waals surface area contributed by atoms with E-state index >= 15 is 0 Å². The summed E-state index contributed by atoms with van der Waals surface area (Å²) in [5.41, 5.74) is 3.86. The Morgan fingerprint density at radius 3 is 2.40 bits per heavy atom. The van der Waals surface area contributed by atoms with E-state index in [2.05, 4.69) is 0 Å². The van der Waals surface area contributed by atoms with Crippen LogP contribution in [0, 0.1) is 0 Å². The van der Waals surface area contributed by atoms with Crippen molar-refractivity contribution < 1.29 is 9.94 Å². The molecule has 1 N–H and O–H groups in total. The van der Waals surface area contributed by atoms with Crippen LogP contribution in [0.1, 0.15) is 12.5 Å². The molecule has 1 heterocycles. The number of nitrogens with zero attached hydrogens (tertiary/aromatic N) is 1. The van der Waals surface area contributed by atoms with Gasteiger partial charge in [-0.1, -0.05) is 48.5 Å². The van der Waals surface area contributed by atoms with Crippen LogP contribution in [0.2, 0.25) is 0 Å². The van der Waals surface area contributed by atoms with Gasteiger partial charge in [-0.25, -0.2) is 0 Å². The second-order valence-corrected chi connectivity index (χ2v) is 4.58. The summed E-state index contributed by atoms with van der Waals surface area (Å²) in [7, 11) is 0. The van der Waals surface area contributed by atoms with Crippen molar-refractivity contribution >= 4 is 10.9 Å². The standard InChI is InChI=1S/C17H17NO2/c1-2-20-18-16-11-7-6-10-14(16)15(12-19)17(18)13-8-4-3-5-9-13/h3-11,19H,2,12H2,1H3. The van der Waals surface area contributed by atoms with Crippen molar-refractivity contribution in [3.05, 3.63) is 60.2 Å². The molecule has 0 saturated heterocycles. The van der Waals surface area contributed by atoms with Gasteiger partial charge in [-0.15, -0.1) is 0 Å². The van der Waals surface area contributed by atoms with Gasteiger partial charge in [0, 0.05) is 16.5 Å². The number of benzene rings is 2. The van der Waals surface area contributed by atoms with E-state index in [-0.39, 0.29) is 6.61 Å². The molecule has 3 aromatic rings. The summed E-state index contributed by atoms with van der Waals surface area (Å²) in [5.74, 6) is 0.